The number of carboxylic acid groups (broad SMARTS) is 1. The monoisotopic (exact) mass is 308 g/mol. The second-order valence-electron chi connectivity index (χ2n) is 5.69. The predicted molar refractivity (Wildman–Crippen MR) is 87.7 cm³/mol. The zero-order chi connectivity index (χ0) is 15.8. The molecule has 0 radical (unpaired) electrons. The fourth-order valence-corrected chi connectivity index (χ4v) is 3.03. The number of fused-ring (bicyclic) bond motifs is 1. The van der Waals surface area contributed by atoms with Crippen LogP contribution in [0, 0.1) is 0 Å². The number of H-pyrrole nitrogens is 1. The molecule has 0 spiro atoms. The molecule has 6 heteroatoms. The molecule has 1 fully saturated rings. The Morgan fingerprint density at radius 3 is 2.57 bits per heavy atom. The Kier molecular flexibility index (Phi) is 3.22. The first-order valence-corrected chi connectivity index (χ1v) is 7.66. The summed E-state index contributed by atoms with van der Waals surface area (Å²) in [7, 11) is 0. The van der Waals surface area contributed by atoms with E-state index in [1.807, 2.05) is 12.1 Å². The lowest BCUT2D eigenvalue weighted by molar-refractivity contribution is 0.0698. The minimum absolute atomic E-state index is 0.183. The molecule has 4 rings (SSSR count). The first kappa shape index (κ1) is 13.8. The average molecular weight is 308 g/mol. The third-order valence-electron chi connectivity index (χ3n) is 4.23. The van der Waals surface area contributed by atoms with Crippen molar-refractivity contribution < 1.29 is 9.90 Å². The fraction of sp³-hybridized carbons (Fsp3) is 0.235. The second kappa shape index (κ2) is 5.39. The number of benzene rings is 1. The Morgan fingerprint density at radius 2 is 1.87 bits per heavy atom. The van der Waals surface area contributed by atoms with E-state index in [0.29, 0.717) is 17.0 Å². The largest absolute Gasteiger partial charge is 0.478 e. The van der Waals surface area contributed by atoms with E-state index in [0.717, 1.165) is 18.7 Å². The smallest absolute Gasteiger partial charge is 0.338 e. The van der Waals surface area contributed by atoms with Gasteiger partial charge in [0, 0.05) is 30.5 Å². The first-order valence-electron chi connectivity index (χ1n) is 7.66. The van der Waals surface area contributed by atoms with Gasteiger partial charge in [-0.2, -0.15) is 0 Å². The standard InChI is InChI=1S/C17H16N4O2/c22-17(23)13-7-8-18-16-14(13)19-15(20-16)11-3-5-12(6-4-11)21-9-1-2-10-21/h3-8H,1-2,9-10H2,(H,22,23)(H,18,19,20). The van der Waals surface area contributed by atoms with Gasteiger partial charge in [0.25, 0.3) is 0 Å². The lowest BCUT2D eigenvalue weighted by atomic mass is 10.2. The highest BCUT2D eigenvalue weighted by atomic mass is 16.4. The molecular weight excluding hydrogens is 292 g/mol. The van der Waals surface area contributed by atoms with Gasteiger partial charge in [0.1, 0.15) is 5.82 Å². The van der Waals surface area contributed by atoms with E-state index in [2.05, 4.69) is 32.0 Å². The zero-order valence-corrected chi connectivity index (χ0v) is 12.5. The Labute approximate surface area is 132 Å². The van der Waals surface area contributed by atoms with Crippen molar-refractivity contribution in [1.29, 1.82) is 0 Å². The van der Waals surface area contributed by atoms with Crippen LogP contribution in [-0.2, 0) is 0 Å². The molecule has 0 saturated carbocycles. The van der Waals surface area contributed by atoms with Crippen LogP contribution in [0.3, 0.4) is 0 Å². The van der Waals surface area contributed by atoms with Crippen molar-refractivity contribution in [2.24, 2.45) is 0 Å². The summed E-state index contributed by atoms with van der Waals surface area (Å²) in [5.41, 5.74) is 3.19. The molecule has 0 unspecified atom stereocenters. The van der Waals surface area contributed by atoms with Crippen molar-refractivity contribution in [3.05, 3.63) is 42.1 Å². The zero-order valence-electron chi connectivity index (χ0n) is 12.5. The molecule has 0 bridgehead atoms. The van der Waals surface area contributed by atoms with Crippen LogP contribution in [0.5, 0.6) is 0 Å². The third-order valence-corrected chi connectivity index (χ3v) is 4.23. The Bertz CT molecular complexity index is 864. The van der Waals surface area contributed by atoms with Gasteiger partial charge in [-0.05, 0) is 43.2 Å². The fourth-order valence-electron chi connectivity index (χ4n) is 3.03. The molecule has 6 nitrogen and oxygen atoms in total. The summed E-state index contributed by atoms with van der Waals surface area (Å²) < 4.78 is 0. The molecule has 1 aromatic carbocycles. The van der Waals surface area contributed by atoms with Crippen LogP contribution in [0.15, 0.2) is 36.5 Å². The predicted octanol–water partition coefficient (Wildman–Crippen LogP) is 2.92. The molecule has 1 aliphatic heterocycles. The molecular formula is C17H16N4O2. The van der Waals surface area contributed by atoms with Gasteiger partial charge < -0.3 is 15.0 Å². The van der Waals surface area contributed by atoms with Crippen LogP contribution in [0.1, 0.15) is 23.2 Å². The molecule has 1 saturated heterocycles. The highest BCUT2D eigenvalue weighted by Gasteiger charge is 2.15. The van der Waals surface area contributed by atoms with Gasteiger partial charge in [0.05, 0.1) is 11.1 Å². The molecule has 23 heavy (non-hydrogen) atoms. The van der Waals surface area contributed by atoms with Gasteiger partial charge in [-0.15, -0.1) is 0 Å². The van der Waals surface area contributed by atoms with Gasteiger partial charge >= 0.3 is 5.97 Å². The van der Waals surface area contributed by atoms with Gasteiger partial charge in [0.2, 0.25) is 0 Å². The molecule has 2 N–H and O–H groups in total. The van der Waals surface area contributed by atoms with Crippen molar-refractivity contribution in [2.45, 2.75) is 12.8 Å². The summed E-state index contributed by atoms with van der Waals surface area (Å²) in [6, 6.07) is 9.65. The normalized spacial score (nSPS) is 14.5. The van der Waals surface area contributed by atoms with Crippen LogP contribution >= 0.6 is 0 Å². The number of hydrogen-bond donors (Lipinski definition) is 2. The number of nitrogens with one attached hydrogen (secondary N) is 1. The van der Waals surface area contributed by atoms with Crippen molar-refractivity contribution in [1.82, 2.24) is 15.0 Å². The van der Waals surface area contributed by atoms with Gasteiger partial charge in [-0.1, -0.05) is 0 Å². The SMILES string of the molecule is O=C(O)c1ccnc2nc(-c3ccc(N4CCCC4)cc3)[nH]c12. The van der Waals surface area contributed by atoms with E-state index in [9.17, 15) is 9.90 Å². The molecule has 1 aliphatic rings. The lowest BCUT2D eigenvalue weighted by Gasteiger charge is -2.17. The summed E-state index contributed by atoms with van der Waals surface area (Å²) >= 11 is 0. The summed E-state index contributed by atoms with van der Waals surface area (Å²) in [6.45, 7) is 2.21. The van der Waals surface area contributed by atoms with Crippen molar-refractivity contribution >= 4 is 22.8 Å². The Morgan fingerprint density at radius 1 is 1.13 bits per heavy atom. The van der Waals surface area contributed by atoms with Crippen molar-refractivity contribution in [2.75, 3.05) is 18.0 Å². The minimum atomic E-state index is -0.989. The number of anilines is 1. The molecule has 2 aromatic heterocycles. The Balaban J connectivity index is 1.71. The molecule has 0 aliphatic carbocycles. The Hall–Kier alpha value is -2.89. The van der Waals surface area contributed by atoms with E-state index < -0.39 is 5.97 Å². The number of hydrogen-bond acceptors (Lipinski definition) is 4. The van der Waals surface area contributed by atoms with Crippen LogP contribution in [0.25, 0.3) is 22.6 Å². The maximum atomic E-state index is 11.3. The minimum Gasteiger partial charge on any atom is -0.478 e. The number of pyridine rings is 1. The lowest BCUT2D eigenvalue weighted by Crippen LogP contribution is -2.17. The highest BCUT2D eigenvalue weighted by molar-refractivity contribution is 6.00. The topological polar surface area (TPSA) is 82.1 Å². The average Bonchev–Trinajstić information content (AvgIpc) is 3.24. The number of aromatic amines is 1. The van der Waals surface area contributed by atoms with Crippen LogP contribution in [0.4, 0.5) is 5.69 Å². The van der Waals surface area contributed by atoms with E-state index in [1.54, 1.807) is 0 Å². The summed E-state index contributed by atoms with van der Waals surface area (Å²) in [6.07, 6.45) is 3.96. The third kappa shape index (κ3) is 2.42. The van der Waals surface area contributed by atoms with Gasteiger partial charge in [-0.25, -0.2) is 14.8 Å². The van der Waals surface area contributed by atoms with Crippen LogP contribution < -0.4 is 4.90 Å². The number of carboxylic acids is 1. The molecule has 3 heterocycles. The van der Waals surface area contributed by atoms with Crippen LogP contribution in [0.2, 0.25) is 0 Å². The number of rotatable bonds is 3. The number of imidazole rings is 1. The number of nitrogens with zero attached hydrogens (tertiary/aromatic N) is 3. The maximum Gasteiger partial charge on any atom is 0.338 e. The number of aromatic nitrogens is 3. The molecule has 0 amide bonds. The maximum absolute atomic E-state index is 11.3. The van der Waals surface area contributed by atoms with E-state index in [4.69, 9.17) is 0 Å². The van der Waals surface area contributed by atoms with E-state index in [-0.39, 0.29) is 5.56 Å². The van der Waals surface area contributed by atoms with Gasteiger partial charge in [-0.3, -0.25) is 0 Å². The summed E-state index contributed by atoms with van der Waals surface area (Å²) in [5, 5.41) is 9.24. The molecule has 3 aromatic rings. The molecule has 0 atom stereocenters. The van der Waals surface area contributed by atoms with Gasteiger partial charge in [0.15, 0.2) is 5.65 Å². The number of aromatic carboxylic acids is 1. The summed E-state index contributed by atoms with van der Waals surface area (Å²) in [4.78, 5) is 25.3. The highest BCUT2D eigenvalue weighted by Crippen LogP contribution is 2.25. The van der Waals surface area contributed by atoms with Crippen LogP contribution in [-0.4, -0.2) is 39.1 Å². The number of carbonyl (C=O) groups is 1. The van der Waals surface area contributed by atoms with E-state index >= 15 is 0 Å². The van der Waals surface area contributed by atoms with Crippen molar-refractivity contribution in [3.63, 3.8) is 0 Å². The van der Waals surface area contributed by atoms with Crippen molar-refractivity contribution in [3.8, 4) is 11.4 Å². The molecule has 116 valence electrons. The van der Waals surface area contributed by atoms with E-state index in [1.165, 1.54) is 30.8 Å². The second-order valence-corrected chi connectivity index (χ2v) is 5.69. The quantitative estimate of drug-likeness (QED) is 0.777. The summed E-state index contributed by atoms with van der Waals surface area (Å²) in [5.74, 6) is -0.355. The first-order chi connectivity index (χ1) is 11.2.